The minimum Gasteiger partial charge on any atom is -0.493 e. The fraction of sp³-hybridized carbons (Fsp3) is 0.235. The highest BCUT2D eigenvalue weighted by Gasteiger charge is 2.15. The maximum absolute atomic E-state index is 12.1. The van der Waals surface area contributed by atoms with Crippen LogP contribution in [0.2, 0.25) is 5.02 Å². The fourth-order valence-corrected chi connectivity index (χ4v) is 2.57. The van der Waals surface area contributed by atoms with Crippen molar-refractivity contribution in [1.29, 1.82) is 0 Å². The van der Waals surface area contributed by atoms with Crippen molar-refractivity contribution in [3.63, 3.8) is 0 Å². The van der Waals surface area contributed by atoms with Gasteiger partial charge in [-0.15, -0.1) is 0 Å². The molecular weight excluding hydrogens is 348 g/mol. The van der Waals surface area contributed by atoms with Crippen LogP contribution in [0.3, 0.4) is 0 Å². The standard InChI is InChI=1S/C17H17ClN2O5/c1-22-14-6-11(18)12(7-15(14)23-2)19-8-17(21)20-10-3-4-13-16(5-10)25-9-24-13/h3-7,19H,8-9H2,1-2H3,(H,20,21). The van der Waals surface area contributed by atoms with Gasteiger partial charge in [0.15, 0.2) is 23.0 Å². The number of hydrogen-bond acceptors (Lipinski definition) is 6. The zero-order chi connectivity index (χ0) is 17.8. The molecule has 1 aliphatic heterocycles. The first-order chi connectivity index (χ1) is 12.1. The Morgan fingerprint density at radius 1 is 1.12 bits per heavy atom. The highest BCUT2D eigenvalue weighted by atomic mass is 35.5. The smallest absolute Gasteiger partial charge is 0.243 e. The summed E-state index contributed by atoms with van der Waals surface area (Å²) in [5, 5.41) is 6.18. The van der Waals surface area contributed by atoms with E-state index < -0.39 is 0 Å². The van der Waals surface area contributed by atoms with E-state index in [4.69, 9.17) is 30.5 Å². The summed E-state index contributed by atoms with van der Waals surface area (Å²) in [6, 6.07) is 8.50. The Hall–Kier alpha value is -2.80. The molecule has 0 fully saturated rings. The summed E-state index contributed by atoms with van der Waals surface area (Å²) in [5.41, 5.74) is 1.19. The molecule has 0 saturated carbocycles. The van der Waals surface area contributed by atoms with E-state index in [0.717, 1.165) is 0 Å². The van der Waals surface area contributed by atoms with Gasteiger partial charge in [0.2, 0.25) is 12.7 Å². The van der Waals surface area contributed by atoms with Crippen LogP contribution in [0, 0.1) is 0 Å². The molecular formula is C17H17ClN2O5. The number of ether oxygens (including phenoxy) is 4. The lowest BCUT2D eigenvalue weighted by Crippen LogP contribution is -2.21. The van der Waals surface area contributed by atoms with Crippen molar-refractivity contribution in [2.75, 3.05) is 38.2 Å². The second-order valence-corrected chi connectivity index (χ2v) is 5.56. The van der Waals surface area contributed by atoms with Crippen molar-refractivity contribution in [2.24, 2.45) is 0 Å². The van der Waals surface area contributed by atoms with Gasteiger partial charge in [-0.2, -0.15) is 0 Å². The normalized spacial score (nSPS) is 11.8. The lowest BCUT2D eigenvalue weighted by atomic mass is 10.2. The highest BCUT2D eigenvalue weighted by molar-refractivity contribution is 6.33. The number of hydrogen-bond donors (Lipinski definition) is 2. The maximum Gasteiger partial charge on any atom is 0.243 e. The van der Waals surface area contributed by atoms with Crippen molar-refractivity contribution in [1.82, 2.24) is 0 Å². The zero-order valence-corrected chi connectivity index (χ0v) is 14.5. The Labute approximate surface area is 149 Å². The zero-order valence-electron chi connectivity index (χ0n) is 13.7. The van der Waals surface area contributed by atoms with E-state index in [1.165, 1.54) is 14.2 Å². The summed E-state index contributed by atoms with van der Waals surface area (Å²) in [5.74, 6) is 2.07. The van der Waals surface area contributed by atoms with Crippen LogP contribution in [0.15, 0.2) is 30.3 Å². The van der Waals surface area contributed by atoms with E-state index in [-0.39, 0.29) is 19.2 Å². The van der Waals surface area contributed by atoms with Gasteiger partial charge >= 0.3 is 0 Å². The number of methoxy groups -OCH3 is 2. The van der Waals surface area contributed by atoms with Crippen molar-refractivity contribution in [3.05, 3.63) is 35.4 Å². The van der Waals surface area contributed by atoms with E-state index in [1.54, 1.807) is 30.3 Å². The molecule has 1 amide bonds. The molecule has 1 aliphatic rings. The number of carbonyl (C=O) groups excluding carboxylic acids is 1. The predicted octanol–water partition coefficient (Wildman–Crippen LogP) is 3.14. The van der Waals surface area contributed by atoms with Crippen LogP contribution in [0.1, 0.15) is 0 Å². The summed E-state index contributed by atoms with van der Waals surface area (Å²) in [6.07, 6.45) is 0. The molecule has 0 bridgehead atoms. The average molecular weight is 365 g/mol. The van der Waals surface area contributed by atoms with Gasteiger partial charge in [-0.05, 0) is 12.1 Å². The molecule has 2 N–H and O–H groups in total. The third-order valence-corrected chi connectivity index (χ3v) is 3.88. The fourth-order valence-electron chi connectivity index (χ4n) is 2.34. The summed E-state index contributed by atoms with van der Waals surface area (Å²) >= 11 is 6.18. The van der Waals surface area contributed by atoms with Gasteiger partial charge in [-0.1, -0.05) is 11.6 Å². The van der Waals surface area contributed by atoms with E-state index >= 15 is 0 Å². The van der Waals surface area contributed by atoms with Gasteiger partial charge in [0.05, 0.1) is 31.5 Å². The minimum atomic E-state index is -0.232. The molecule has 0 aliphatic carbocycles. The molecule has 7 nitrogen and oxygen atoms in total. The molecule has 25 heavy (non-hydrogen) atoms. The molecule has 0 saturated heterocycles. The number of nitrogens with one attached hydrogen (secondary N) is 2. The van der Waals surface area contributed by atoms with Gasteiger partial charge in [0.1, 0.15) is 0 Å². The van der Waals surface area contributed by atoms with Crippen LogP contribution < -0.4 is 29.6 Å². The molecule has 0 spiro atoms. The first kappa shape index (κ1) is 17.0. The third-order valence-electron chi connectivity index (χ3n) is 3.57. The van der Waals surface area contributed by atoms with Crippen molar-refractivity contribution in [2.45, 2.75) is 0 Å². The molecule has 1 heterocycles. The van der Waals surface area contributed by atoms with Crippen LogP contribution in [-0.2, 0) is 4.79 Å². The quantitative estimate of drug-likeness (QED) is 0.820. The minimum absolute atomic E-state index is 0.0314. The monoisotopic (exact) mass is 364 g/mol. The lowest BCUT2D eigenvalue weighted by molar-refractivity contribution is -0.114. The van der Waals surface area contributed by atoms with Crippen LogP contribution in [-0.4, -0.2) is 33.5 Å². The molecule has 2 aromatic rings. The molecule has 132 valence electrons. The molecule has 0 radical (unpaired) electrons. The van der Waals surface area contributed by atoms with Gasteiger partial charge in [0.25, 0.3) is 0 Å². The van der Waals surface area contributed by atoms with E-state index in [0.29, 0.717) is 39.4 Å². The SMILES string of the molecule is COc1cc(Cl)c(NCC(=O)Nc2ccc3c(c2)OCO3)cc1OC. The molecule has 8 heteroatoms. The molecule has 0 unspecified atom stereocenters. The first-order valence-corrected chi connectivity index (χ1v) is 7.83. The second kappa shape index (κ2) is 7.40. The van der Waals surface area contributed by atoms with Crippen molar-refractivity contribution in [3.8, 4) is 23.0 Å². The van der Waals surface area contributed by atoms with Gasteiger partial charge < -0.3 is 29.6 Å². The molecule has 3 rings (SSSR count). The number of rotatable bonds is 6. The van der Waals surface area contributed by atoms with E-state index in [1.807, 2.05) is 0 Å². The Bertz CT molecular complexity index is 797. The summed E-state index contributed by atoms with van der Waals surface area (Å²) < 4.78 is 20.9. The number of fused-ring (bicyclic) bond motifs is 1. The van der Waals surface area contributed by atoms with E-state index in [9.17, 15) is 4.79 Å². The number of halogens is 1. The third kappa shape index (κ3) is 3.83. The average Bonchev–Trinajstić information content (AvgIpc) is 3.08. The molecule has 0 atom stereocenters. The van der Waals surface area contributed by atoms with Crippen molar-refractivity contribution >= 4 is 28.9 Å². The summed E-state index contributed by atoms with van der Waals surface area (Å²) in [7, 11) is 3.06. The van der Waals surface area contributed by atoms with Crippen LogP contribution in [0.5, 0.6) is 23.0 Å². The van der Waals surface area contributed by atoms with Crippen LogP contribution >= 0.6 is 11.6 Å². The number of anilines is 2. The largest absolute Gasteiger partial charge is 0.493 e. The number of benzene rings is 2. The van der Waals surface area contributed by atoms with Gasteiger partial charge in [-0.3, -0.25) is 4.79 Å². The first-order valence-electron chi connectivity index (χ1n) is 7.45. The second-order valence-electron chi connectivity index (χ2n) is 5.16. The lowest BCUT2D eigenvalue weighted by Gasteiger charge is -2.13. The Balaban J connectivity index is 1.62. The maximum atomic E-state index is 12.1. The summed E-state index contributed by atoms with van der Waals surface area (Å²) in [6.45, 7) is 0.218. The number of amides is 1. The van der Waals surface area contributed by atoms with Crippen LogP contribution in [0.4, 0.5) is 11.4 Å². The Morgan fingerprint density at radius 3 is 2.60 bits per heavy atom. The topological polar surface area (TPSA) is 78.1 Å². The van der Waals surface area contributed by atoms with Gasteiger partial charge in [-0.25, -0.2) is 0 Å². The number of carbonyl (C=O) groups is 1. The van der Waals surface area contributed by atoms with Crippen LogP contribution in [0.25, 0.3) is 0 Å². The summed E-state index contributed by atoms with van der Waals surface area (Å²) in [4.78, 5) is 12.1. The Morgan fingerprint density at radius 2 is 1.84 bits per heavy atom. The van der Waals surface area contributed by atoms with E-state index in [2.05, 4.69) is 10.6 Å². The van der Waals surface area contributed by atoms with Gasteiger partial charge in [0, 0.05) is 23.9 Å². The molecule has 2 aromatic carbocycles. The predicted molar refractivity (Wildman–Crippen MR) is 94.2 cm³/mol. The molecule has 0 aromatic heterocycles. The highest BCUT2D eigenvalue weighted by Crippen LogP contribution is 2.36. The van der Waals surface area contributed by atoms with Crippen molar-refractivity contribution < 1.29 is 23.7 Å². The Kier molecular flexibility index (Phi) is 5.04.